The molecule has 1 amide bonds. The molecule has 0 bridgehead atoms. The van der Waals surface area contributed by atoms with E-state index in [0.717, 1.165) is 95.3 Å². The van der Waals surface area contributed by atoms with Crippen LogP contribution in [0.2, 0.25) is 0 Å². The summed E-state index contributed by atoms with van der Waals surface area (Å²) in [6.45, 7) is 18.2. The Labute approximate surface area is 328 Å². The van der Waals surface area contributed by atoms with E-state index >= 15 is 0 Å². The van der Waals surface area contributed by atoms with Crippen LogP contribution in [0.1, 0.15) is 82.0 Å². The molecule has 55 heavy (non-hydrogen) atoms. The summed E-state index contributed by atoms with van der Waals surface area (Å²) in [5.41, 5.74) is 12.5. The maximum atomic E-state index is 13.7. The van der Waals surface area contributed by atoms with Crippen LogP contribution in [0.15, 0.2) is 11.2 Å². The summed E-state index contributed by atoms with van der Waals surface area (Å²) < 4.78 is 10.8. The summed E-state index contributed by atoms with van der Waals surface area (Å²) in [5.74, 6) is 0.640. The quantitative estimate of drug-likeness (QED) is 0.118. The molecule has 17 heteroatoms. The number of carbonyl (C=O) groups is 2. The zero-order valence-electron chi connectivity index (χ0n) is 33.2. The summed E-state index contributed by atoms with van der Waals surface area (Å²) >= 11 is 1.36. The zero-order chi connectivity index (χ0) is 39.5. The number of hydrogen-bond donors (Lipinski definition) is 2. The Morgan fingerprint density at radius 1 is 1.11 bits per heavy atom. The highest BCUT2D eigenvalue weighted by Gasteiger charge is 2.45. The molecule has 0 spiro atoms. The number of piperazine rings is 1. The topological polar surface area (TPSA) is 192 Å². The highest BCUT2D eigenvalue weighted by Crippen LogP contribution is 2.46. The monoisotopic (exact) mass is 779 g/mol. The molecule has 3 fully saturated rings. The number of amidine groups is 1. The maximum absolute atomic E-state index is 13.7. The van der Waals surface area contributed by atoms with Crippen LogP contribution in [0.4, 0.5) is 21.6 Å². The van der Waals surface area contributed by atoms with Crippen LogP contribution in [0.25, 0.3) is 0 Å². The molecule has 3 aliphatic heterocycles. The number of nitrogens with two attached hydrogens (primary N) is 2. The SMILES string of the molecule is COCCCN1CCCN(c2nc(/C(N)=N/OC(=O)[C@@]3(C)CCCc4sc(N)c(C#N)c43)cc(N3CCN(C4CN(C(=O)OC(C)(C)C)C4)CC3)n2)[C@@H](C)C1. The van der Waals surface area contributed by atoms with Gasteiger partial charge in [-0.15, -0.1) is 11.3 Å². The smallest absolute Gasteiger partial charge is 0.410 e. The fourth-order valence-electron chi connectivity index (χ4n) is 8.04. The predicted octanol–water partition coefficient (Wildman–Crippen LogP) is 3.13. The van der Waals surface area contributed by atoms with Crippen molar-refractivity contribution in [1.82, 2.24) is 24.7 Å². The van der Waals surface area contributed by atoms with Crippen LogP contribution in [0, 0.1) is 11.3 Å². The van der Waals surface area contributed by atoms with E-state index in [1.165, 1.54) is 11.3 Å². The lowest BCUT2D eigenvalue weighted by molar-refractivity contribution is -0.150. The normalized spacial score (nSPS) is 23.1. The number of thiophene rings is 1. The average molecular weight is 780 g/mol. The third-order valence-corrected chi connectivity index (χ3v) is 12.1. The van der Waals surface area contributed by atoms with Crippen LogP contribution in [-0.4, -0.2) is 139 Å². The molecule has 2 aromatic heterocycles. The lowest BCUT2D eigenvalue weighted by Crippen LogP contribution is -2.64. The summed E-state index contributed by atoms with van der Waals surface area (Å²) in [6.07, 6.45) is 3.66. The number of nitrogen functional groups attached to an aromatic ring is 1. The molecule has 4 aliphatic rings. The third-order valence-electron chi connectivity index (χ3n) is 11.1. The molecule has 0 aromatic carbocycles. The van der Waals surface area contributed by atoms with Crippen LogP contribution in [-0.2, 0) is 30.9 Å². The first-order valence-corrected chi connectivity index (χ1v) is 20.2. The van der Waals surface area contributed by atoms with E-state index in [1.807, 2.05) is 26.8 Å². The summed E-state index contributed by atoms with van der Waals surface area (Å²) in [7, 11) is 1.73. The molecule has 4 N–H and O–H groups in total. The Bertz CT molecular complexity index is 1780. The van der Waals surface area contributed by atoms with E-state index in [9.17, 15) is 14.9 Å². The van der Waals surface area contributed by atoms with Crippen molar-refractivity contribution < 1.29 is 23.9 Å². The minimum Gasteiger partial charge on any atom is -0.444 e. The largest absolute Gasteiger partial charge is 0.444 e. The van der Waals surface area contributed by atoms with Gasteiger partial charge in [0.05, 0.1) is 11.0 Å². The molecule has 1 aliphatic carbocycles. The fourth-order valence-corrected chi connectivity index (χ4v) is 9.23. The van der Waals surface area contributed by atoms with Crippen molar-refractivity contribution in [2.75, 3.05) is 94.7 Å². The molecular formula is C38H57N11O5S. The van der Waals surface area contributed by atoms with Crippen molar-refractivity contribution in [2.24, 2.45) is 10.9 Å². The van der Waals surface area contributed by atoms with Gasteiger partial charge in [-0.25, -0.2) is 14.6 Å². The van der Waals surface area contributed by atoms with E-state index in [1.54, 1.807) is 18.9 Å². The predicted molar refractivity (Wildman–Crippen MR) is 212 cm³/mol. The Hall–Kier alpha value is -4.24. The number of anilines is 3. The number of carbonyl (C=O) groups excluding carboxylic acids is 2. The minimum absolute atomic E-state index is 0.0396. The van der Waals surface area contributed by atoms with Gasteiger partial charge >= 0.3 is 12.1 Å². The lowest BCUT2D eigenvalue weighted by atomic mass is 9.72. The molecule has 3 saturated heterocycles. The van der Waals surface area contributed by atoms with Gasteiger partial charge < -0.3 is 45.4 Å². The second kappa shape index (κ2) is 16.9. The van der Waals surface area contributed by atoms with E-state index in [2.05, 4.69) is 37.7 Å². The van der Waals surface area contributed by atoms with Crippen molar-refractivity contribution >= 4 is 46.0 Å². The number of methoxy groups -OCH3 is 1. The van der Waals surface area contributed by atoms with Gasteiger partial charge in [0.1, 0.15) is 28.2 Å². The first-order chi connectivity index (χ1) is 26.2. The highest BCUT2D eigenvalue weighted by molar-refractivity contribution is 7.16. The Kier molecular flexibility index (Phi) is 12.4. The van der Waals surface area contributed by atoms with Crippen molar-refractivity contribution in [2.45, 2.75) is 89.8 Å². The second-order valence-electron chi connectivity index (χ2n) is 16.3. The number of nitrogens with zero attached hydrogens (tertiary/aromatic N) is 9. The van der Waals surface area contributed by atoms with Gasteiger partial charge in [0.15, 0.2) is 5.84 Å². The van der Waals surface area contributed by atoms with Gasteiger partial charge in [-0.3, -0.25) is 4.90 Å². The first kappa shape index (κ1) is 40.4. The van der Waals surface area contributed by atoms with Gasteiger partial charge in [0, 0.05) is 101 Å². The number of aryl methyl sites for hydroxylation is 1. The minimum atomic E-state index is -1.08. The van der Waals surface area contributed by atoms with Crippen molar-refractivity contribution in [3.05, 3.63) is 27.8 Å². The Morgan fingerprint density at radius 3 is 2.55 bits per heavy atom. The molecule has 5 heterocycles. The molecule has 2 aromatic rings. The number of aromatic nitrogens is 2. The van der Waals surface area contributed by atoms with Gasteiger partial charge in [-0.05, 0) is 73.3 Å². The summed E-state index contributed by atoms with van der Waals surface area (Å²) in [4.78, 5) is 53.9. The summed E-state index contributed by atoms with van der Waals surface area (Å²) in [6, 6.07) is 4.41. The zero-order valence-corrected chi connectivity index (χ0v) is 34.0. The van der Waals surface area contributed by atoms with Crippen LogP contribution >= 0.6 is 11.3 Å². The van der Waals surface area contributed by atoms with E-state index in [4.69, 9.17) is 35.7 Å². The standard InChI is InChI=1S/C38H57N11O5S/c1-25-22-45(13-9-19-52-6)12-8-14-49(25)35-42-28(32(40)44-54-34(50)38(5)11-7-10-29-31(38)27(21-39)33(41)55-29)20-30(43-35)47-17-15-46(16-18-47)26-23-48(24-26)36(51)53-37(2,3)4/h20,25-26H,7-19,22-24,41H2,1-6H3,(H2,40,44)/t25-,38-/m0/s1. The highest BCUT2D eigenvalue weighted by atomic mass is 32.1. The number of hydrogen-bond acceptors (Lipinski definition) is 15. The molecule has 16 nitrogen and oxygen atoms in total. The second-order valence-corrected chi connectivity index (χ2v) is 17.4. The number of fused-ring (bicyclic) bond motifs is 1. The lowest BCUT2D eigenvalue weighted by Gasteiger charge is -2.48. The number of oxime groups is 1. The number of likely N-dealkylation sites (tertiary alicyclic amines) is 1. The van der Waals surface area contributed by atoms with E-state index < -0.39 is 17.0 Å². The Balaban J connectivity index is 1.20. The number of nitriles is 1. The van der Waals surface area contributed by atoms with Crippen LogP contribution < -0.4 is 21.3 Å². The molecular weight excluding hydrogens is 723 g/mol. The van der Waals surface area contributed by atoms with Crippen LogP contribution in [0.5, 0.6) is 0 Å². The maximum Gasteiger partial charge on any atom is 0.410 e. The van der Waals surface area contributed by atoms with Gasteiger partial charge in [0.25, 0.3) is 0 Å². The van der Waals surface area contributed by atoms with Crippen molar-refractivity contribution in [3.63, 3.8) is 0 Å². The molecule has 6 rings (SSSR count). The van der Waals surface area contributed by atoms with Gasteiger partial charge in [-0.1, -0.05) is 5.16 Å². The van der Waals surface area contributed by atoms with Crippen molar-refractivity contribution in [3.8, 4) is 6.07 Å². The van der Waals surface area contributed by atoms with Gasteiger partial charge in [-0.2, -0.15) is 10.2 Å². The summed E-state index contributed by atoms with van der Waals surface area (Å²) in [5, 5.41) is 14.4. The number of rotatable bonds is 10. The van der Waals surface area contributed by atoms with E-state index in [-0.39, 0.29) is 24.0 Å². The Morgan fingerprint density at radius 2 is 1.85 bits per heavy atom. The molecule has 300 valence electrons. The van der Waals surface area contributed by atoms with Crippen LogP contribution in [0.3, 0.4) is 0 Å². The fraction of sp³-hybridized carbons (Fsp3) is 0.684. The van der Waals surface area contributed by atoms with Crippen molar-refractivity contribution in [1.29, 1.82) is 5.26 Å². The number of amides is 1. The molecule has 0 radical (unpaired) electrons. The molecule has 0 unspecified atom stereocenters. The number of ether oxygens (including phenoxy) is 2. The first-order valence-electron chi connectivity index (χ1n) is 19.4. The third kappa shape index (κ3) is 9.09. The van der Waals surface area contributed by atoms with Gasteiger partial charge in [0.2, 0.25) is 5.95 Å². The molecule has 2 atom stereocenters. The average Bonchev–Trinajstić information content (AvgIpc) is 3.35. The molecule has 0 saturated carbocycles. The van der Waals surface area contributed by atoms with E-state index in [0.29, 0.717) is 47.3 Å².